The minimum Gasteiger partial charge on any atom is -0.311 e. The average molecular weight is 419 g/mol. The van der Waals surface area contributed by atoms with Crippen molar-refractivity contribution in [2.24, 2.45) is 0 Å². The SMILES string of the molecule is Cc1ccc(N(C)C(=O)c2cc(-n3c(=O)[nH]c4cccc(C=O)c4c3=O)cs2)cc1. The van der Waals surface area contributed by atoms with E-state index in [1.807, 2.05) is 31.2 Å². The number of amides is 1. The van der Waals surface area contributed by atoms with Crippen LogP contribution in [-0.4, -0.2) is 28.8 Å². The third-order valence-electron chi connectivity index (χ3n) is 4.87. The minimum atomic E-state index is -0.640. The van der Waals surface area contributed by atoms with Crippen molar-refractivity contribution in [3.63, 3.8) is 0 Å². The van der Waals surface area contributed by atoms with Gasteiger partial charge in [0.1, 0.15) is 0 Å². The lowest BCUT2D eigenvalue weighted by Gasteiger charge is -2.16. The molecule has 8 heteroatoms. The minimum absolute atomic E-state index is 0.128. The quantitative estimate of drug-likeness (QED) is 0.515. The summed E-state index contributed by atoms with van der Waals surface area (Å²) in [6, 6.07) is 13.7. The van der Waals surface area contributed by atoms with E-state index in [2.05, 4.69) is 4.98 Å². The fourth-order valence-electron chi connectivity index (χ4n) is 3.23. The Balaban J connectivity index is 1.77. The fraction of sp³-hybridized carbons (Fsp3) is 0.0909. The van der Waals surface area contributed by atoms with Crippen molar-refractivity contribution in [3.8, 4) is 5.69 Å². The highest BCUT2D eigenvalue weighted by atomic mass is 32.1. The summed E-state index contributed by atoms with van der Waals surface area (Å²) >= 11 is 1.14. The van der Waals surface area contributed by atoms with E-state index in [-0.39, 0.29) is 28.1 Å². The summed E-state index contributed by atoms with van der Waals surface area (Å²) in [4.78, 5) is 54.3. The second-order valence-electron chi connectivity index (χ2n) is 6.83. The van der Waals surface area contributed by atoms with Crippen LogP contribution < -0.4 is 16.1 Å². The number of H-pyrrole nitrogens is 1. The summed E-state index contributed by atoms with van der Waals surface area (Å²) in [5.74, 6) is -0.256. The number of thiophene rings is 1. The topological polar surface area (TPSA) is 92.2 Å². The van der Waals surface area contributed by atoms with E-state index in [4.69, 9.17) is 0 Å². The molecule has 0 saturated heterocycles. The third-order valence-corrected chi connectivity index (χ3v) is 5.77. The molecule has 0 aliphatic carbocycles. The molecular weight excluding hydrogens is 402 g/mol. The first kappa shape index (κ1) is 19.5. The van der Waals surface area contributed by atoms with Gasteiger partial charge < -0.3 is 9.88 Å². The molecule has 0 aliphatic rings. The van der Waals surface area contributed by atoms with Gasteiger partial charge in [0.05, 0.1) is 21.5 Å². The first-order chi connectivity index (χ1) is 14.4. The van der Waals surface area contributed by atoms with Crippen molar-refractivity contribution in [2.45, 2.75) is 6.92 Å². The summed E-state index contributed by atoms with van der Waals surface area (Å²) in [5, 5.41) is 1.70. The molecule has 0 aliphatic heterocycles. The highest BCUT2D eigenvalue weighted by Crippen LogP contribution is 2.22. The molecule has 1 N–H and O–H groups in total. The highest BCUT2D eigenvalue weighted by molar-refractivity contribution is 7.12. The van der Waals surface area contributed by atoms with Crippen molar-refractivity contribution < 1.29 is 9.59 Å². The van der Waals surface area contributed by atoms with Crippen LogP contribution >= 0.6 is 11.3 Å². The zero-order chi connectivity index (χ0) is 21.4. The van der Waals surface area contributed by atoms with Gasteiger partial charge in [-0.15, -0.1) is 11.3 Å². The largest absolute Gasteiger partial charge is 0.333 e. The lowest BCUT2D eigenvalue weighted by molar-refractivity contribution is 0.0996. The van der Waals surface area contributed by atoms with E-state index in [9.17, 15) is 19.2 Å². The third kappa shape index (κ3) is 3.27. The highest BCUT2D eigenvalue weighted by Gasteiger charge is 2.19. The summed E-state index contributed by atoms with van der Waals surface area (Å²) in [6.07, 6.45) is 0.575. The number of aromatic nitrogens is 2. The van der Waals surface area contributed by atoms with Crippen LogP contribution in [0.2, 0.25) is 0 Å². The molecule has 0 saturated carbocycles. The molecule has 0 spiro atoms. The Morgan fingerprint density at radius 2 is 1.87 bits per heavy atom. The second kappa shape index (κ2) is 7.57. The Bertz CT molecular complexity index is 1400. The van der Waals surface area contributed by atoms with E-state index in [1.165, 1.54) is 17.0 Å². The van der Waals surface area contributed by atoms with E-state index in [0.717, 1.165) is 27.2 Å². The van der Waals surface area contributed by atoms with Crippen LogP contribution in [0.3, 0.4) is 0 Å². The molecule has 0 unspecified atom stereocenters. The van der Waals surface area contributed by atoms with Crippen LogP contribution in [0.1, 0.15) is 25.6 Å². The van der Waals surface area contributed by atoms with Crippen molar-refractivity contribution in [1.29, 1.82) is 0 Å². The number of anilines is 1. The number of aryl methyl sites for hydroxylation is 1. The maximum Gasteiger partial charge on any atom is 0.333 e. The monoisotopic (exact) mass is 419 g/mol. The maximum atomic E-state index is 13.0. The summed E-state index contributed by atoms with van der Waals surface area (Å²) in [7, 11) is 1.66. The van der Waals surface area contributed by atoms with Crippen molar-refractivity contribution >= 4 is 40.1 Å². The van der Waals surface area contributed by atoms with Crippen molar-refractivity contribution in [3.05, 3.63) is 90.8 Å². The molecule has 7 nitrogen and oxygen atoms in total. The summed E-state index contributed by atoms with van der Waals surface area (Å²) < 4.78 is 0.939. The molecule has 2 aromatic carbocycles. The second-order valence-corrected chi connectivity index (χ2v) is 7.74. The molecule has 0 radical (unpaired) electrons. The molecule has 2 aromatic heterocycles. The molecule has 0 fully saturated rings. The number of carbonyl (C=O) groups excluding carboxylic acids is 2. The van der Waals surface area contributed by atoms with Crippen molar-refractivity contribution in [2.75, 3.05) is 11.9 Å². The summed E-state index contributed by atoms with van der Waals surface area (Å²) in [6.45, 7) is 1.96. The predicted octanol–water partition coefficient (Wildman–Crippen LogP) is 3.14. The first-order valence-corrected chi connectivity index (χ1v) is 9.95. The van der Waals surface area contributed by atoms with Gasteiger partial charge in [0.2, 0.25) is 0 Å². The van der Waals surface area contributed by atoms with Gasteiger partial charge in [0, 0.05) is 23.7 Å². The molecule has 30 heavy (non-hydrogen) atoms. The first-order valence-electron chi connectivity index (χ1n) is 9.07. The van der Waals surface area contributed by atoms with Gasteiger partial charge in [0.15, 0.2) is 6.29 Å². The smallest absolute Gasteiger partial charge is 0.311 e. The number of aldehydes is 1. The van der Waals surface area contributed by atoms with Crippen LogP contribution in [0.4, 0.5) is 5.69 Å². The maximum absolute atomic E-state index is 13.0. The molecular formula is C22H17N3O4S. The lowest BCUT2D eigenvalue weighted by Crippen LogP contribution is -2.33. The van der Waals surface area contributed by atoms with Gasteiger partial charge in [-0.1, -0.05) is 29.8 Å². The number of nitrogens with one attached hydrogen (secondary N) is 1. The van der Waals surface area contributed by atoms with E-state index < -0.39 is 11.2 Å². The van der Waals surface area contributed by atoms with Crippen LogP contribution in [0.5, 0.6) is 0 Å². The lowest BCUT2D eigenvalue weighted by atomic mass is 10.1. The van der Waals surface area contributed by atoms with Gasteiger partial charge >= 0.3 is 5.69 Å². The number of fused-ring (bicyclic) bond motifs is 1. The molecule has 4 aromatic rings. The number of benzene rings is 2. The van der Waals surface area contributed by atoms with Crippen LogP contribution in [0.25, 0.3) is 16.6 Å². The normalized spacial score (nSPS) is 10.9. The van der Waals surface area contributed by atoms with Crippen LogP contribution in [0, 0.1) is 6.92 Å². The van der Waals surface area contributed by atoms with Crippen molar-refractivity contribution in [1.82, 2.24) is 9.55 Å². The van der Waals surface area contributed by atoms with Gasteiger partial charge in [-0.25, -0.2) is 9.36 Å². The van der Waals surface area contributed by atoms with Gasteiger partial charge in [-0.2, -0.15) is 0 Å². The Morgan fingerprint density at radius 1 is 1.13 bits per heavy atom. The summed E-state index contributed by atoms with van der Waals surface area (Å²) in [5.41, 5.74) is 1.32. The number of rotatable bonds is 4. The molecule has 0 atom stereocenters. The molecule has 2 heterocycles. The predicted molar refractivity (Wildman–Crippen MR) is 117 cm³/mol. The van der Waals surface area contributed by atoms with E-state index in [1.54, 1.807) is 24.6 Å². The molecule has 4 rings (SSSR count). The molecule has 150 valence electrons. The fourth-order valence-corrected chi connectivity index (χ4v) is 4.08. The van der Waals surface area contributed by atoms with Crippen LogP contribution in [-0.2, 0) is 0 Å². The Hall–Kier alpha value is -3.78. The standard InChI is InChI=1S/C22H17N3O4S/c1-13-6-8-15(9-7-13)24(2)20(27)18-10-16(12-30-18)25-21(28)19-14(11-26)4-3-5-17(19)23-22(25)29/h3-12H,1-2H3,(H,23,29). The number of carbonyl (C=O) groups is 2. The Labute approximate surface area is 174 Å². The average Bonchev–Trinajstić information content (AvgIpc) is 3.22. The van der Waals surface area contributed by atoms with Gasteiger partial charge in [-0.3, -0.25) is 14.4 Å². The Morgan fingerprint density at radius 3 is 2.57 bits per heavy atom. The number of hydrogen-bond donors (Lipinski definition) is 1. The van der Waals surface area contributed by atoms with E-state index in [0.29, 0.717) is 11.2 Å². The zero-order valence-electron chi connectivity index (χ0n) is 16.2. The molecule has 1 amide bonds. The van der Waals surface area contributed by atoms with Crippen LogP contribution in [0.15, 0.2) is 63.5 Å². The Kier molecular flexibility index (Phi) is 4.93. The number of hydrogen-bond acceptors (Lipinski definition) is 5. The van der Waals surface area contributed by atoms with E-state index >= 15 is 0 Å². The van der Waals surface area contributed by atoms with Gasteiger partial charge in [-0.05, 0) is 31.2 Å². The molecule has 0 bridgehead atoms. The zero-order valence-corrected chi connectivity index (χ0v) is 17.0. The number of nitrogens with zero attached hydrogens (tertiary/aromatic N) is 2. The number of aromatic amines is 1. The van der Waals surface area contributed by atoms with Gasteiger partial charge in [0.25, 0.3) is 11.5 Å².